The lowest BCUT2D eigenvalue weighted by Crippen LogP contribution is -2.34. The predicted octanol–water partition coefficient (Wildman–Crippen LogP) is 2.02. The summed E-state index contributed by atoms with van der Waals surface area (Å²) in [6.07, 6.45) is 4.50. The SMILES string of the molecule is CCC1CC(=O)NC1COc1ccc(F)c2cc(C(N)=O)c3nccn3c12. The number of halogens is 1. The van der Waals surface area contributed by atoms with E-state index in [4.69, 9.17) is 10.5 Å². The summed E-state index contributed by atoms with van der Waals surface area (Å²) < 4.78 is 22.0. The number of nitrogens with zero attached hydrogens (tertiary/aromatic N) is 2. The van der Waals surface area contributed by atoms with Gasteiger partial charge in [0.1, 0.15) is 23.8 Å². The summed E-state index contributed by atoms with van der Waals surface area (Å²) in [7, 11) is 0. The molecule has 0 spiro atoms. The van der Waals surface area contributed by atoms with E-state index >= 15 is 0 Å². The van der Waals surface area contributed by atoms with Crippen molar-refractivity contribution in [1.29, 1.82) is 0 Å². The minimum absolute atomic E-state index is 0.0162. The van der Waals surface area contributed by atoms with Crippen LogP contribution >= 0.6 is 0 Å². The van der Waals surface area contributed by atoms with Crippen molar-refractivity contribution in [3.8, 4) is 5.75 Å². The van der Waals surface area contributed by atoms with Crippen molar-refractivity contribution < 1.29 is 18.7 Å². The Balaban J connectivity index is 1.78. The van der Waals surface area contributed by atoms with Gasteiger partial charge in [-0.15, -0.1) is 0 Å². The average Bonchev–Trinajstić information content (AvgIpc) is 3.26. The van der Waals surface area contributed by atoms with E-state index in [1.807, 2.05) is 6.92 Å². The van der Waals surface area contributed by atoms with Crippen LogP contribution in [0, 0.1) is 11.7 Å². The van der Waals surface area contributed by atoms with Crippen LogP contribution in [0.2, 0.25) is 0 Å². The first-order valence-electron chi connectivity index (χ1n) is 8.79. The maximum atomic E-state index is 14.5. The zero-order valence-corrected chi connectivity index (χ0v) is 14.7. The van der Waals surface area contributed by atoms with E-state index in [1.165, 1.54) is 18.3 Å². The lowest BCUT2D eigenvalue weighted by molar-refractivity contribution is -0.119. The molecule has 1 aliphatic rings. The van der Waals surface area contributed by atoms with Crippen molar-refractivity contribution in [3.63, 3.8) is 0 Å². The smallest absolute Gasteiger partial charge is 0.252 e. The molecule has 140 valence electrons. The monoisotopic (exact) mass is 370 g/mol. The Hall–Kier alpha value is -3.16. The zero-order chi connectivity index (χ0) is 19.1. The van der Waals surface area contributed by atoms with E-state index in [0.29, 0.717) is 23.3 Å². The summed E-state index contributed by atoms with van der Waals surface area (Å²) in [6, 6.07) is 4.13. The fourth-order valence-electron chi connectivity index (χ4n) is 3.69. The van der Waals surface area contributed by atoms with Crippen LogP contribution in [0.1, 0.15) is 30.1 Å². The van der Waals surface area contributed by atoms with Crippen LogP contribution < -0.4 is 15.8 Å². The number of rotatable bonds is 5. The number of fused-ring (bicyclic) bond motifs is 3. The number of nitrogens with one attached hydrogen (secondary N) is 1. The second-order valence-electron chi connectivity index (χ2n) is 6.71. The lowest BCUT2D eigenvalue weighted by atomic mass is 9.98. The number of benzene rings is 1. The molecule has 2 amide bonds. The molecule has 27 heavy (non-hydrogen) atoms. The van der Waals surface area contributed by atoms with Crippen molar-refractivity contribution >= 4 is 28.4 Å². The van der Waals surface area contributed by atoms with Gasteiger partial charge in [-0.3, -0.25) is 14.0 Å². The number of imidazole rings is 1. The minimum Gasteiger partial charge on any atom is -0.489 e. The number of aromatic nitrogens is 2. The molecule has 0 bridgehead atoms. The van der Waals surface area contributed by atoms with Crippen molar-refractivity contribution in [2.24, 2.45) is 11.7 Å². The Bertz CT molecular complexity index is 1060. The number of nitrogens with two attached hydrogens (primary N) is 1. The summed E-state index contributed by atoms with van der Waals surface area (Å²) in [5.41, 5.74) is 6.36. The van der Waals surface area contributed by atoms with Gasteiger partial charge < -0.3 is 15.8 Å². The van der Waals surface area contributed by atoms with Gasteiger partial charge in [-0.2, -0.15) is 0 Å². The van der Waals surface area contributed by atoms with E-state index < -0.39 is 11.7 Å². The Morgan fingerprint density at radius 1 is 1.48 bits per heavy atom. The first-order chi connectivity index (χ1) is 13.0. The van der Waals surface area contributed by atoms with Crippen molar-refractivity contribution in [1.82, 2.24) is 14.7 Å². The second-order valence-corrected chi connectivity index (χ2v) is 6.71. The van der Waals surface area contributed by atoms with Gasteiger partial charge in [0.2, 0.25) is 5.91 Å². The highest BCUT2D eigenvalue weighted by molar-refractivity contribution is 6.03. The number of hydrogen-bond donors (Lipinski definition) is 2. The molecule has 1 saturated heterocycles. The quantitative estimate of drug-likeness (QED) is 0.718. The van der Waals surface area contributed by atoms with Crippen LogP contribution in [0.15, 0.2) is 30.6 Å². The number of hydrogen-bond acceptors (Lipinski definition) is 4. The van der Waals surface area contributed by atoms with Gasteiger partial charge in [0.05, 0.1) is 17.1 Å². The van der Waals surface area contributed by atoms with Gasteiger partial charge in [0.25, 0.3) is 5.91 Å². The number of carbonyl (C=O) groups is 2. The molecule has 7 nitrogen and oxygen atoms in total. The molecule has 8 heteroatoms. The van der Waals surface area contributed by atoms with E-state index in [2.05, 4.69) is 10.3 Å². The van der Waals surface area contributed by atoms with Gasteiger partial charge in [0.15, 0.2) is 0 Å². The van der Waals surface area contributed by atoms with Gasteiger partial charge in [0, 0.05) is 24.2 Å². The van der Waals surface area contributed by atoms with E-state index in [1.54, 1.807) is 16.7 Å². The average molecular weight is 370 g/mol. The first-order valence-corrected chi connectivity index (χ1v) is 8.79. The summed E-state index contributed by atoms with van der Waals surface area (Å²) >= 11 is 0. The summed E-state index contributed by atoms with van der Waals surface area (Å²) in [5.74, 6) is -0.503. The van der Waals surface area contributed by atoms with Crippen LogP contribution in [0.3, 0.4) is 0 Å². The molecule has 1 fully saturated rings. The molecule has 0 aliphatic carbocycles. The molecule has 0 radical (unpaired) electrons. The first kappa shape index (κ1) is 17.3. The predicted molar refractivity (Wildman–Crippen MR) is 97.0 cm³/mol. The molecule has 3 aromatic rings. The van der Waals surface area contributed by atoms with Crippen LogP contribution in [-0.2, 0) is 4.79 Å². The standard InChI is InChI=1S/C19H19FN4O3/c1-2-10-7-16(25)23-14(10)9-27-15-4-3-13(20)11-8-12(18(21)26)19-22-5-6-24(19)17(11)15/h3-6,8,10,14H,2,7,9H2,1H3,(H2,21,26)(H,23,25). The van der Waals surface area contributed by atoms with Crippen molar-refractivity contribution in [2.45, 2.75) is 25.8 Å². The number of ether oxygens (including phenoxy) is 1. The third-order valence-corrected chi connectivity index (χ3v) is 5.11. The molecule has 2 atom stereocenters. The molecule has 3 N–H and O–H groups in total. The largest absolute Gasteiger partial charge is 0.489 e. The highest BCUT2D eigenvalue weighted by Gasteiger charge is 2.31. The van der Waals surface area contributed by atoms with Crippen LogP contribution in [-0.4, -0.2) is 33.8 Å². The van der Waals surface area contributed by atoms with Crippen LogP contribution in [0.4, 0.5) is 4.39 Å². The maximum absolute atomic E-state index is 14.5. The van der Waals surface area contributed by atoms with Gasteiger partial charge >= 0.3 is 0 Å². The number of amides is 2. The van der Waals surface area contributed by atoms with E-state index in [0.717, 1.165) is 6.42 Å². The highest BCUT2D eigenvalue weighted by atomic mass is 19.1. The van der Waals surface area contributed by atoms with Gasteiger partial charge in [-0.05, 0) is 24.1 Å². The van der Waals surface area contributed by atoms with Crippen LogP contribution in [0.5, 0.6) is 5.75 Å². The van der Waals surface area contributed by atoms with Gasteiger partial charge in [-0.25, -0.2) is 9.37 Å². The summed E-state index contributed by atoms with van der Waals surface area (Å²) in [5, 5.41) is 3.14. The molecule has 2 unspecified atom stereocenters. The van der Waals surface area contributed by atoms with Crippen molar-refractivity contribution in [3.05, 3.63) is 42.0 Å². The molecule has 2 aromatic heterocycles. The number of pyridine rings is 1. The molecular weight excluding hydrogens is 351 g/mol. The fraction of sp³-hybridized carbons (Fsp3) is 0.316. The normalized spacial score (nSPS) is 19.6. The van der Waals surface area contributed by atoms with E-state index in [-0.39, 0.29) is 35.4 Å². The van der Waals surface area contributed by atoms with E-state index in [9.17, 15) is 14.0 Å². The highest BCUT2D eigenvalue weighted by Crippen LogP contribution is 2.31. The molecule has 1 aromatic carbocycles. The molecule has 4 rings (SSSR count). The Labute approximate surface area is 154 Å². The Kier molecular flexibility index (Phi) is 4.18. The fourth-order valence-corrected chi connectivity index (χ4v) is 3.69. The lowest BCUT2D eigenvalue weighted by Gasteiger charge is -2.19. The van der Waals surface area contributed by atoms with Crippen molar-refractivity contribution in [2.75, 3.05) is 6.61 Å². The second kappa shape index (κ2) is 6.53. The maximum Gasteiger partial charge on any atom is 0.252 e. The Morgan fingerprint density at radius 3 is 3.04 bits per heavy atom. The molecule has 0 saturated carbocycles. The third-order valence-electron chi connectivity index (χ3n) is 5.11. The van der Waals surface area contributed by atoms with Gasteiger partial charge in [-0.1, -0.05) is 13.3 Å². The number of carbonyl (C=O) groups excluding carboxylic acids is 2. The summed E-state index contributed by atoms with van der Waals surface area (Å²) in [6.45, 7) is 2.31. The van der Waals surface area contributed by atoms with Crippen LogP contribution in [0.25, 0.3) is 16.6 Å². The third kappa shape index (κ3) is 2.87. The zero-order valence-electron chi connectivity index (χ0n) is 14.7. The number of primary amides is 1. The Morgan fingerprint density at radius 2 is 2.30 bits per heavy atom. The summed E-state index contributed by atoms with van der Waals surface area (Å²) in [4.78, 5) is 27.5. The molecular formula is C19H19FN4O3. The molecule has 3 heterocycles. The molecule has 1 aliphatic heterocycles. The minimum atomic E-state index is -0.682. The topological polar surface area (TPSA) is 98.7 Å².